The zero-order valence-electron chi connectivity index (χ0n) is 12.8. The second-order valence-electron chi connectivity index (χ2n) is 5.01. The van der Waals surface area contributed by atoms with Crippen LogP contribution in [-0.2, 0) is 9.47 Å². The molecule has 1 atom stereocenters. The van der Waals surface area contributed by atoms with Crippen LogP contribution in [0.4, 0.5) is 4.79 Å². The van der Waals surface area contributed by atoms with Crippen LogP contribution in [0.25, 0.3) is 10.8 Å². The standard InChI is InChI=1S/C19H17NO3/c1-2-22-19(21)23-18(15-9-4-3-5-10-15)17-16-11-7-6-8-14(16)12-13-20-17/h3-13,18H,2H2,1H3. The van der Waals surface area contributed by atoms with E-state index in [0.29, 0.717) is 5.69 Å². The van der Waals surface area contributed by atoms with Gasteiger partial charge < -0.3 is 9.47 Å². The summed E-state index contributed by atoms with van der Waals surface area (Å²) in [6.45, 7) is 2.01. The van der Waals surface area contributed by atoms with E-state index in [2.05, 4.69) is 4.98 Å². The Morgan fingerprint density at radius 2 is 1.78 bits per heavy atom. The number of pyridine rings is 1. The van der Waals surface area contributed by atoms with Gasteiger partial charge in [0.25, 0.3) is 0 Å². The fourth-order valence-electron chi connectivity index (χ4n) is 2.51. The van der Waals surface area contributed by atoms with Crippen molar-refractivity contribution in [3.05, 3.63) is 78.1 Å². The van der Waals surface area contributed by atoms with Gasteiger partial charge in [-0.05, 0) is 23.9 Å². The molecule has 1 aromatic heterocycles. The lowest BCUT2D eigenvalue weighted by Gasteiger charge is -2.19. The molecule has 0 spiro atoms. The molecule has 0 saturated carbocycles. The maximum atomic E-state index is 11.9. The van der Waals surface area contributed by atoms with Crippen molar-refractivity contribution in [2.45, 2.75) is 13.0 Å². The van der Waals surface area contributed by atoms with E-state index in [1.54, 1.807) is 13.1 Å². The van der Waals surface area contributed by atoms with Gasteiger partial charge in [-0.15, -0.1) is 0 Å². The topological polar surface area (TPSA) is 48.4 Å². The van der Waals surface area contributed by atoms with E-state index < -0.39 is 12.3 Å². The first-order valence-corrected chi connectivity index (χ1v) is 7.51. The van der Waals surface area contributed by atoms with Crippen LogP contribution >= 0.6 is 0 Å². The molecule has 0 bridgehead atoms. The van der Waals surface area contributed by atoms with Crippen molar-refractivity contribution in [3.63, 3.8) is 0 Å². The van der Waals surface area contributed by atoms with Crippen molar-refractivity contribution in [2.75, 3.05) is 6.61 Å². The van der Waals surface area contributed by atoms with Gasteiger partial charge in [0.15, 0.2) is 6.10 Å². The minimum absolute atomic E-state index is 0.267. The van der Waals surface area contributed by atoms with E-state index in [0.717, 1.165) is 16.3 Å². The SMILES string of the molecule is CCOC(=O)OC(c1ccccc1)c1nccc2ccccc12. The number of fused-ring (bicyclic) bond motifs is 1. The number of carbonyl (C=O) groups is 1. The third-order valence-electron chi connectivity index (χ3n) is 3.53. The van der Waals surface area contributed by atoms with Gasteiger partial charge in [0, 0.05) is 11.6 Å². The van der Waals surface area contributed by atoms with Gasteiger partial charge in [0.2, 0.25) is 0 Å². The van der Waals surface area contributed by atoms with E-state index in [9.17, 15) is 4.79 Å². The fraction of sp³-hybridized carbons (Fsp3) is 0.158. The Bertz CT molecular complexity index is 797. The van der Waals surface area contributed by atoms with Crippen LogP contribution < -0.4 is 0 Å². The van der Waals surface area contributed by atoms with E-state index in [-0.39, 0.29) is 6.61 Å². The summed E-state index contributed by atoms with van der Waals surface area (Å²) >= 11 is 0. The first-order valence-electron chi connectivity index (χ1n) is 7.51. The highest BCUT2D eigenvalue weighted by Crippen LogP contribution is 2.30. The van der Waals surface area contributed by atoms with Gasteiger partial charge in [-0.1, -0.05) is 54.6 Å². The monoisotopic (exact) mass is 307 g/mol. The highest BCUT2D eigenvalue weighted by atomic mass is 16.7. The Morgan fingerprint density at radius 3 is 2.57 bits per heavy atom. The van der Waals surface area contributed by atoms with Gasteiger partial charge in [-0.3, -0.25) is 4.98 Å². The Kier molecular flexibility index (Phi) is 4.52. The maximum absolute atomic E-state index is 11.9. The zero-order chi connectivity index (χ0) is 16.1. The van der Waals surface area contributed by atoms with Gasteiger partial charge in [-0.25, -0.2) is 4.79 Å². The summed E-state index contributed by atoms with van der Waals surface area (Å²) in [6, 6.07) is 19.4. The van der Waals surface area contributed by atoms with E-state index in [1.807, 2.05) is 60.7 Å². The molecular weight excluding hydrogens is 290 g/mol. The van der Waals surface area contributed by atoms with Crippen LogP contribution in [0.2, 0.25) is 0 Å². The van der Waals surface area contributed by atoms with E-state index >= 15 is 0 Å². The van der Waals surface area contributed by atoms with Crippen LogP contribution in [0.15, 0.2) is 66.9 Å². The number of ether oxygens (including phenoxy) is 2. The largest absolute Gasteiger partial charge is 0.509 e. The number of rotatable bonds is 4. The molecule has 3 rings (SSSR count). The van der Waals surface area contributed by atoms with Crippen LogP contribution in [-0.4, -0.2) is 17.7 Å². The molecule has 2 aromatic carbocycles. The summed E-state index contributed by atoms with van der Waals surface area (Å²) in [5.74, 6) is 0. The first kappa shape index (κ1) is 15.0. The molecule has 0 aliphatic carbocycles. The Labute approximate surface area is 134 Å². The predicted octanol–water partition coefficient (Wildman–Crippen LogP) is 4.50. The highest BCUT2D eigenvalue weighted by molar-refractivity contribution is 5.85. The van der Waals surface area contributed by atoms with Crippen molar-refractivity contribution < 1.29 is 14.3 Å². The number of hydrogen-bond acceptors (Lipinski definition) is 4. The minimum atomic E-state index is -0.698. The summed E-state index contributed by atoms with van der Waals surface area (Å²) in [5, 5.41) is 2.00. The molecule has 23 heavy (non-hydrogen) atoms. The zero-order valence-corrected chi connectivity index (χ0v) is 12.8. The predicted molar refractivity (Wildman–Crippen MR) is 88.1 cm³/mol. The number of benzene rings is 2. The molecule has 1 heterocycles. The second-order valence-corrected chi connectivity index (χ2v) is 5.01. The maximum Gasteiger partial charge on any atom is 0.509 e. The molecule has 0 aliphatic heterocycles. The van der Waals surface area contributed by atoms with Gasteiger partial charge in [0.1, 0.15) is 0 Å². The number of aromatic nitrogens is 1. The van der Waals surface area contributed by atoms with Crippen molar-refractivity contribution >= 4 is 16.9 Å². The fourth-order valence-corrected chi connectivity index (χ4v) is 2.51. The Morgan fingerprint density at radius 1 is 1.04 bits per heavy atom. The molecule has 0 saturated heterocycles. The van der Waals surface area contributed by atoms with Crippen LogP contribution in [0.1, 0.15) is 24.3 Å². The second kappa shape index (κ2) is 6.92. The number of nitrogens with zero attached hydrogens (tertiary/aromatic N) is 1. The summed E-state index contributed by atoms with van der Waals surface area (Å²) in [4.78, 5) is 16.3. The minimum Gasteiger partial charge on any atom is -0.435 e. The first-order chi connectivity index (χ1) is 11.3. The molecule has 0 aliphatic rings. The Hall–Kier alpha value is -2.88. The quantitative estimate of drug-likeness (QED) is 0.666. The van der Waals surface area contributed by atoms with Crippen LogP contribution in [0.3, 0.4) is 0 Å². The molecule has 4 nitrogen and oxygen atoms in total. The highest BCUT2D eigenvalue weighted by Gasteiger charge is 2.23. The summed E-state index contributed by atoms with van der Waals surface area (Å²) in [5.41, 5.74) is 1.55. The van der Waals surface area contributed by atoms with Gasteiger partial charge in [-0.2, -0.15) is 0 Å². The van der Waals surface area contributed by atoms with Crippen molar-refractivity contribution in [3.8, 4) is 0 Å². The average Bonchev–Trinajstić information content (AvgIpc) is 2.60. The lowest BCUT2D eigenvalue weighted by Crippen LogP contribution is -2.15. The molecule has 0 radical (unpaired) electrons. The molecule has 116 valence electrons. The molecule has 1 unspecified atom stereocenters. The summed E-state index contributed by atoms with van der Waals surface area (Å²) < 4.78 is 10.5. The Balaban J connectivity index is 2.08. The average molecular weight is 307 g/mol. The van der Waals surface area contributed by atoms with Crippen molar-refractivity contribution in [1.82, 2.24) is 4.98 Å². The van der Waals surface area contributed by atoms with Crippen LogP contribution in [0.5, 0.6) is 0 Å². The lowest BCUT2D eigenvalue weighted by atomic mass is 10.0. The van der Waals surface area contributed by atoms with Gasteiger partial charge in [0.05, 0.1) is 12.3 Å². The lowest BCUT2D eigenvalue weighted by molar-refractivity contribution is 0.0372. The number of hydrogen-bond donors (Lipinski definition) is 0. The van der Waals surface area contributed by atoms with Crippen molar-refractivity contribution in [2.24, 2.45) is 0 Å². The molecule has 0 fully saturated rings. The third-order valence-corrected chi connectivity index (χ3v) is 3.53. The molecule has 0 amide bonds. The smallest absolute Gasteiger partial charge is 0.435 e. The number of carbonyl (C=O) groups excluding carboxylic acids is 1. The summed E-state index contributed by atoms with van der Waals surface area (Å²) in [7, 11) is 0. The summed E-state index contributed by atoms with van der Waals surface area (Å²) in [6.07, 6.45) is 0.416. The molecule has 3 aromatic rings. The van der Waals surface area contributed by atoms with Crippen molar-refractivity contribution in [1.29, 1.82) is 0 Å². The normalized spacial score (nSPS) is 11.9. The van der Waals surface area contributed by atoms with Gasteiger partial charge >= 0.3 is 6.16 Å². The molecular formula is C19H17NO3. The van der Waals surface area contributed by atoms with Crippen LogP contribution in [0, 0.1) is 0 Å². The molecule has 4 heteroatoms. The molecule has 0 N–H and O–H groups in total. The van der Waals surface area contributed by atoms with E-state index in [4.69, 9.17) is 9.47 Å². The third kappa shape index (κ3) is 3.31. The van der Waals surface area contributed by atoms with E-state index in [1.165, 1.54) is 0 Å².